The first kappa shape index (κ1) is 8.02. The summed E-state index contributed by atoms with van der Waals surface area (Å²) in [7, 11) is 3.90. The Bertz CT molecular complexity index is 93.4. The van der Waals surface area contributed by atoms with Crippen molar-refractivity contribution in [3.8, 4) is 0 Å². The van der Waals surface area contributed by atoms with Crippen LogP contribution in [0.1, 0.15) is 13.8 Å². The normalized spacial score (nSPS) is 24.0. The van der Waals surface area contributed by atoms with Crippen LogP contribution in [0.15, 0.2) is 0 Å². The van der Waals surface area contributed by atoms with Gasteiger partial charge in [0.2, 0.25) is 0 Å². The van der Waals surface area contributed by atoms with Crippen molar-refractivity contribution in [2.24, 2.45) is 0 Å². The highest BCUT2D eigenvalue weighted by molar-refractivity contribution is 4.73. The van der Waals surface area contributed by atoms with Crippen LogP contribution >= 0.6 is 0 Å². The molecule has 0 bridgehead atoms. The molecular formula is C8H17N2-. The molecule has 1 fully saturated rings. The van der Waals surface area contributed by atoms with Crippen molar-refractivity contribution in [1.29, 1.82) is 0 Å². The zero-order valence-corrected chi connectivity index (χ0v) is 7.01. The van der Waals surface area contributed by atoms with Crippen molar-refractivity contribution in [3.05, 3.63) is 7.05 Å². The lowest BCUT2D eigenvalue weighted by Gasteiger charge is -2.39. The quantitative estimate of drug-likeness (QED) is 0.498. The first-order valence-corrected chi connectivity index (χ1v) is 3.99. The standard InChI is InChI=1S/C8H17N2/c1-8(2)10-6-4-9(3)5-7-10/h8H,3-7H2,1-2H3/q-1. The lowest BCUT2D eigenvalue weighted by Crippen LogP contribution is -2.46. The lowest BCUT2D eigenvalue weighted by molar-refractivity contribution is 0.136. The summed E-state index contributed by atoms with van der Waals surface area (Å²) in [6.07, 6.45) is 0. The molecule has 2 heteroatoms. The zero-order valence-electron chi connectivity index (χ0n) is 7.01. The molecule has 0 aromatic heterocycles. The van der Waals surface area contributed by atoms with Crippen molar-refractivity contribution >= 4 is 0 Å². The molecule has 1 aliphatic heterocycles. The summed E-state index contributed by atoms with van der Waals surface area (Å²) in [6, 6.07) is 0.702. The molecule has 0 unspecified atom stereocenters. The second kappa shape index (κ2) is 3.35. The van der Waals surface area contributed by atoms with Gasteiger partial charge in [0.15, 0.2) is 0 Å². The SMILES string of the molecule is [CH2-]N1CCN(C(C)C)CC1. The molecule has 0 atom stereocenters. The van der Waals surface area contributed by atoms with E-state index in [9.17, 15) is 0 Å². The highest BCUT2D eigenvalue weighted by atomic mass is 15.3. The van der Waals surface area contributed by atoms with Gasteiger partial charge in [-0.1, -0.05) is 0 Å². The maximum atomic E-state index is 3.90. The molecule has 1 aliphatic rings. The Kier molecular flexibility index (Phi) is 2.69. The molecule has 60 valence electrons. The predicted molar refractivity (Wildman–Crippen MR) is 43.6 cm³/mol. The number of hydrogen-bond donors (Lipinski definition) is 0. The van der Waals surface area contributed by atoms with Gasteiger partial charge in [-0.15, -0.1) is 0 Å². The second-order valence-corrected chi connectivity index (χ2v) is 3.25. The van der Waals surface area contributed by atoms with Crippen molar-refractivity contribution in [2.45, 2.75) is 19.9 Å². The van der Waals surface area contributed by atoms with E-state index in [1.807, 2.05) is 0 Å². The first-order valence-electron chi connectivity index (χ1n) is 3.99. The number of hydrogen-bond acceptors (Lipinski definition) is 2. The zero-order chi connectivity index (χ0) is 7.56. The van der Waals surface area contributed by atoms with E-state index in [4.69, 9.17) is 0 Å². The van der Waals surface area contributed by atoms with Gasteiger partial charge < -0.3 is 4.90 Å². The fourth-order valence-electron chi connectivity index (χ4n) is 1.28. The van der Waals surface area contributed by atoms with Gasteiger partial charge >= 0.3 is 0 Å². The predicted octanol–water partition coefficient (Wildman–Crippen LogP) is 0.804. The minimum absolute atomic E-state index is 0.702. The molecule has 10 heavy (non-hydrogen) atoms. The third-order valence-electron chi connectivity index (χ3n) is 2.14. The molecule has 0 radical (unpaired) electrons. The number of nitrogens with zero attached hydrogens (tertiary/aromatic N) is 2. The van der Waals surface area contributed by atoms with Gasteiger partial charge in [-0.05, 0) is 26.9 Å². The summed E-state index contributed by atoms with van der Waals surface area (Å²) >= 11 is 0. The molecule has 0 aromatic rings. The molecule has 0 spiro atoms. The topological polar surface area (TPSA) is 6.48 Å². The minimum Gasteiger partial charge on any atom is -0.457 e. The van der Waals surface area contributed by atoms with E-state index in [1.165, 1.54) is 13.1 Å². The van der Waals surface area contributed by atoms with Gasteiger partial charge in [-0.25, -0.2) is 0 Å². The van der Waals surface area contributed by atoms with Crippen LogP contribution in [0.2, 0.25) is 0 Å². The van der Waals surface area contributed by atoms with Gasteiger partial charge in [-0.3, -0.25) is 11.9 Å². The molecule has 0 amide bonds. The average molecular weight is 141 g/mol. The third kappa shape index (κ3) is 1.96. The maximum absolute atomic E-state index is 3.90. The maximum Gasteiger partial charge on any atom is 0.00884 e. The van der Waals surface area contributed by atoms with Crippen LogP contribution in [0.5, 0.6) is 0 Å². The second-order valence-electron chi connectivity index (χ2n) is 3.25. The van der Waals surface area contributed by atoms with Crippen LogP contribution in [-0.4, -0.2) is 42.0 Å². The molecule has 0 saturated carbocycles. The Hall–Kier alpha value is -0.0800. The fourth-order valence-corrected chi connectivity index (χ4v) is 1.28. The van der Waals surface area contributed by atoms with Crippen LogP contribution in [0, 0.1) is 7.05 Å². The fraction of sp³-hybridized carbons (Fsp3) is 0.875. The summed E-state index contributed by atoms with van der Waals surface area (Å²) in [5.41, 5.74) is 0. The Morgan fingerprint density at radius 3 is 2.00 bits per heavy atom. The number of rotatable bonds is 1. The Balaban J connectivity index is 2.26. The first-order chi connectivity index (χ1) is 4.70. The van der Waals surface area contributed by atoms with Crippen LogP contribution in [0.25, 0.3) is 0 Å². The van der Waals surface area contributed by atoms with E-state index in [2.05, 4.69) is 30.7 Å². The van der Waals surface area contributed by atoms with E-state index in [0.717, 1.165) is 13.1 Å². The molecule has 1 rings (SSSR count). The Morgan fingerprint density at radius 2 is 1.60 bits per heavy atom. The molecule has 1 saturated heterocycles. The van der Waals surface area contributed by atoms with Crippen molar-refractivity contribution in [1.82, 2.24) is 9.80 Å². The van der Waals surface area contributed by atoms with Gasteiger partial charge in [0, 0.05) is 19.1 Å². The molecule has 0 aliphatic carbocycles. The van der Waals surface area contributed by atoms with Crippen LogP contribution < -0.4 is 0 Å². The van der Waals surface area contributed by atoms with Crippen LogP contribution in [0.3, 0.4) is 0 Å². The minimum atomic E-state index is 0.702. The van der Waals surface area contributed by atoms with Crippen molar-refractivity contribution < 1.29 is 0 Å². The van der Waals surface area contributed by atoms with E-state index < -0.39 is 0 Å². The van der Waals surface area contributed by atoms with Crippen molar-refractivity contribution in [3.63, 3.8) is 0 Å². The van der Waals surface area contributed by atoms with Crippen LogP contribution in [0.4, 0.5) is 0 Å². The molecule has 0 aromatic carbocycles. The summed E-state index contributed by atoms with van der Waals surface area (Å²) in [5.74, 6) is 0. The average Bonchev–Trinajstić information content (AvgIpc) is 1.88. The molecule has 2 nitrogen and oxygen atoms in total. The summed E-state index contributed by atoms with van der Waals surface area (Å²) in [4.78, 5) is 4.63. The van der Waals surface area contributed by atoms with E-state index >= 15 is 0 Å². The van der Waals surface area contributed by atoms with Crippen LogP contribution in [-0.2, 0) is 0 Å². The highest BCUT2D eigenvalue weighted by Crippen LogP contribution is 2.03. The monoisotopic (exact) mass is 141 g/mol. The van der Waals surface area contributed by atoms with E-state index in [0.29, 0.717) is 6.04 Å². The van der Waals surface area contributed by atoms with Gasteiger partial charge in [0.05, 0.1) is 0 Å². The van der Waals surface area contributed by atoms with Gasteiger partial charge in [0.25, 0.3) is 0 Å². The van der Waals surface area contributed by atoms with E-state index in [-0.39, 0.29) is 0 Å². The molecule has 1 heterocycles. The molecular weight excluding hydrogens is 124 g/mol. The molecule has 0 N–H and O–H groups in total. The Morgan fingerprint density at radius 1 is 1.10 bits per heavy atom. The largest absolute Gasteiger partial charge is 0.457 e. The van der Waals surface area contributed by atoms with Gasteiger partial charge in [-0.2, -0.15) is 0 Å². The highest BCUT2D eigenvalue weighted by Gasteiger charge is 2.12. The van der Waals surface area contributed by atoms with E-state index in [1.54, 1.807) is 0 Å². The smallest absolute Gasteiger partial charge is 0.00884 e. The third-order valence-corrected chi connectivity index (χ3v) is 2.14. The Labute approximate surface area is 63.8 Å². The summed E-state index contributed by atoms with van der Waals surface area (Å²) in [5, 5.41) is 0. The number of piperazine rings is 1. The summed E-state index contributed by atoms with van der Waals surface area (Å²) < 4.78 is 0. The summed E-state index contributed by atoms with van der Waals surface area (Å²) in [6.45, 7) is 9.11. The van der Waals surface area contributed by atoms with Crippen molar-refractivity contribution in [2.75, 3.05) is 26.2 Å². The van der Waals surface area contributed by atoms with Gasteiger partial charge in [0.1, 0.15) is 0 Å². The lowest BCUT2D eigenvalue weighted by atomic mass is 10.2.